The highest BCUT2D eigenvalue weighted by Crippen LogP contribution is 2.18. The van der Waals surface area contributed by atoms with E-state index in [0.29, 0.717) is 17.9 Å². The molecular weight excluding hydrogens is 190 g/mol. The number of carbonyl (C=O) groups is 1. The lowest BCUT2D eigenvalue weighted by Crippen LogP contribution is -2.05. The molecule has 4 heteroatoms. The molecule has 0 atom stereocenters. The fourth-order valence-electron chi connectivity index (χ4n) is 0.822. The summed E-state index contributed by atoms with van der Waals surface area (Å²) in [6.07, 6.45) is 0.360. The molecule has 0 saturated heterocycles. The van der Waals surface area contributed by atoms with Crippen LogP contribution >= 0.6 is 11.8 Å². The van der Waals surface area contributed by atoms with Crippen molar-refractivity contribution >= 4 is 23.4 Å². The number of rotatable bonds is 3. The van der Waals surface area contributed by atoms with E-state index in [2.05, 4.69) is 4.84 Å². The van der Waals surface area contributed by atoms with Gasteiger partial charge in [0.25, 0.3) is 0 Å². The lowest BCUT2D eigenvalue weighted by atomic mass is 10.3. The van der Waals surface area contributed by atoms with Crippen LogP contribution in [0.25, 0.3) is 0 Å². The Morgan fingerprint density at radius 1 is 1.62 bits per heavy atom. The average Bonchev–Trinajstić information content (AvgIpc) is 2.18. The Balaban J connectivity index is 2.71. The van der Waals surface area contributed by atoms with E-state index in [4.69, 9.17) is 16.5 Å². The molecule has 13 heavy (non-hydrogen) atoms. The minimum Gasteiger partial charge on any atom is -0.426 e. The van der Waals surface area contributed by atoms with Crippen LogP contribution in [-0.2, 0) is 4.79 Å². The Morgan fingerprint density at radius 3 is 3.00 bits per heavy atom. The average molecular weight is 200 g/mol. The second kappa shape index (κ2) is 4.72. The van der Waals surface area contributed by atoms with E-state index in [-0.39, 0.29) is 5.97 Å². The summed E-state index contributed by atoms with van der Waals surface area (Å²) in [6, 6.07) is 6.88. The second-order valence-corrected chi connectivity index (χ2v) is 2.64. The smallest absolute Gasteiger partial charge is 0.310 e. The molecule has 0 amide bonds. The number of halogens is 1. The number of nitrogens with one attached hydrogen (secondary N) is 1. The third-order valence-corrected chi connectivity index (χ3v) is 1.68. The first-order valence-electron chi connectivity index (χ1n) is 3.93. The van der Waals surface area contributed by atoms with E-state index in [9.17, 15) is 4.79 Å². The summed E-state index contributed by atoms with van der Waals surface area (Å²) < 4.78 is 4.97. The molecule has 3 nitrogen and oxygen atoms in total. The Kier molecular flexibility index (Phi) is 3.58. The highest BCUT2D eigenvalue weighted by molar-refractivity contribution is 6.23. The van der Waals surface area contributed by atoms with Crippen molar-refractivity contribution in [3.05, 3.63) is 24.3 Å². The SMILES string of the molecule is CCC(=O)Oc1cccc(NCl)c1. The molecule has 70 valence electrons. The maximum atomic E-state index is 10.9. The summed E-state index contributed by atoms with van der Waals surface area (Å²) in [7, 11) is 0. The molecule has 1 aromatic rings. The Bertz CT molecular complexity index is 301. The van der Waals surface area contributed by atoms with Crippen molar-refractivity contribution in [1.29, 1.82) is 0 Å². The summed E-state index contributed by atoms with van der Waals surface area (Å²) >= 11 is 5.38. The molecule has 1 rings (SSSR count). The van der Waals surface area contributed by atoms with Crippen LogP contribution in [0.1, 0.15) is 13.3 Å². The number of anilines is 1. The van der Waals surface area contributed by atoms with Gasteiger partial charge in [-0.3, -0.25) is 9.63 Å². The number of hydrogen-bond donors (Lipinski definition) is 1. The van der Waals surface area contributed by atoms with E-state index in [1.54, 1.807) is 31.2 Å². The molecule has 1 aromatic carbocycles. The van der Waals surface area contributed by atoms with Gasteiger partial charge in [-0.2, -0.15) is 0 Å². The quantitative estimate of drug-likeness (QED) is 0.462. The predicted octanol–water partition coefficient (Wildman–Crippen LogP) is 2.57. The van der Waals surface area contributed by atoms with Crippen molar-refractivity contribution in [3.63, 3.8) is 0 Å². The number of benzene rings is 1. The monoisotopic (exact) mass is 199 g/mol. The van der Waals surface area contributed by atoms with Crippen LogP contribution in [0.2, 0.25) is 0 Å². The molecule has 0 bridgehead atoms. The molecular formula is C9H10ClNO2. The molecule has 0 aromatic heterocycles. The number of carbonyl (C=O) groups excluding carboxylic acids is 1. The topological polar surface area (TPSA) is 38.3 Å². The van der Waals surface area contributed by atoms with Crippen LogP contribution in [-0.4, -0.2) is 5.97 Å². The zero-order valence-corrected chi connectivity index (χ0v) is 7.97. The summed E-state index contributed by atoms with van der Waals surface area (Å²) in [5, 5.41) is 0. The summed E-state index contributed by atoms with van der Waals surface area (Å²) in [5.74, 6) is 0.240. The molecule has 0 radical (unpaired) electrons. The Morgan fingerprint density at radius 2 is 2.38 bits per heavy atom. The number of ether oxygens (including phenoxy) is 1. The Labute approximate surface area is 81.8 Å². The van der Waals surface area contributed by atoms with Gasteiger partial charge in [0.2, 0.25) is 0 Å². The largest absolute Gasteiger partial charge is 0.426 e. The second-order valence-electron chi connectivity index (χ2n) is 2.45. The maximum absolute atomic E-state index is 10.9. The van der Waals surface area contributed by atoms with Crippen molar-refractivity contribution < 1.29 is 9.53 Å². The van der Waals surface area contributed by atoms with Gasteiger partial charge in [-0.25, -0.2) is 0 Å². The van der Waals surface area contributed by atoms with E-state index in [1.165, 1.54) is 0 Å². The van der Waals surface area contributed by atoms with Gasteiger partial charge in [0.15, 0.2) is 0 Å². The lowest BCUT2D eigenvalue weighted by molar-refractivity contribution is -0.134. The normalized spacial score (nSPS) is 9.38. The van der Waals surface area contributed by atoms with Crippen molar-refractivity contribution in [3.8, 4) is 5.75 Å². The number of esters is 1. The van der Waals surface area contributed by atoms with Gasteiger partial charge in [-0.05, 0) is 12.1 Å². The first-order chi connectivity index (χ1) is 6.26. The van der Waals surface area contributed by atoms with Crippen molar-refractivity contribution in [2.24, 2.45) is 0 Å². The first-order valence-corrected chi connectivity index (χ1v) is 4.31. The van der Waals surface area contributed by atoms with Crippen LogP contribution in [0, 0.1) is 0 Å². The van der Waals surface area contributed by atoms with Gasteiger partial charge >= 0.3 is 5.97 Å². The van der Waals surface area contributed by atoms with Crippen LogP contribution < -0.4 is 9.57 Å². The van der Waals surface area contributed by atoms with Crippen molar-refractivity contribution in [2.75, 3.05) is 4.84 Å². The van der Waals surface area contributed by atoms with Gasteiger partial charge in [-0.1, -0.05) is 13.0 Å². The van der Waals surface area contributed by atoms with Crippen LogP contribution in [0.4, 0.5) is 5.69 Å². The van der Waals surface area contributed by atoms with Gasteiger partial charge < -0.3 is 4.74 Å². The highest BCUT2D eigenvalue weighted by Gasteiger charge is 2.01. The van der Waals surface area contributed by atoms with E-state index < -0.39 is 0 Å². The van der Waals surface area contributed by atoms with Crippen LogP contribution in [0.3, 0.4) is 0 Å². The lowest BCUT2D eigenvalue weighted by Gasteiger charge is -2.03. The summed E-state index contributed by atoms with van der Waals surface area (Å²) in [4.78, 5) is 13.3. The van der Waals surface area contributed by atoms with Gasteiger partial charge in [0.05, 0.1) is 5.69 Å². The summed E-state index contributed by atoms with van der Waals surface area (Å²) in [5.41, 5.74) is 0.697. The third kappa shape index (κ3) is 2.95. The van der Waals surface area contributed by atoms with E-state index >= 15 is 0 Å². The fourth-order valence-corrected chi connectivity index (χ4v) is 0.940. The summed E-state index contributed by atoms with van der Waals surface area (Å²) in [6.45, 7) is 1.74. The van der Waals surface area contributed by atoms with E-state index in [0.717, 1.165) is 0 Å². The zero-order chi connectivity index (χ0) is 9.68. The van der Waals surface area contributed by atoms with Gasteiger partial charge in [0, 0.05) is 24.3 Å². The van der Waals surface area contributed by atoms with Crippen molar-refractivity contribution in [1.82, 2.24) is 0 Å². The van der Waals surface area contributed by atoms with Gasteiger partial charge in [-0.15, -0.1) is 0 Å². The number of hydrogen-bond acceptors (Lipinski definition) is 3. The molecule has 1 N–H and O–H groups in total. The van der Waals surface area contributed by atoms with E-state index in [1.807, 2.05) is 0 Å². The zero-order valence-electron chi connectivity index (χ0n) is 7.21. The fraction of sp³-hybridized carbons (Fsp3) is 0.222. The van der Waals surface area contributed by atoms with Crippen LogP contribution in [0.5, 0.6) is 5.75 Å². The molecule has 0 heterocycles. The minimum absolute atomic E-state index is 0.258. The Hall–Kier alpha value is -1.22. The molecule has 0 unspecified atom stereocenters. The molecule has 0 aliphatic heterocycles. The predicted molar refractivity (Wildman–Crippen MR) is 51.8 cm³/mol. The molecule has 0 aliphatic carbocycles. The maximum Gasteiger partial charge on any atom is 0.310 e. The minimum atomic E-state index is -0.258. The first kappa shape index (κ1) is 9.86. The molecule has 0 saturated carbocycles. The molecule has 0 aliphatic rings. The molecule has 0 spiro atoms. The standard InChI is InChI=1S/C9H10ClNO2/c1-2-9(12)13-8-5-3-4-7(6-8)11-10/h3-6,11H,2H2,1H3. The highest BCUT2D eigenvalue weighted by atomic mass is 35.5. The van der Waals surface area contributed by atoms with Gasteiger partial charge in [0.1, 0.15) is 5.75 Å². The van der Waals surface area contributed by atoms with Crippen LogP contribution in [0.15, 0.2) is 24.3 Å². The third-order valence-electron chi connectivity index (χ3n) is 1.46. The molecule has 0 fully saturated rings. The van der Waals surface area contributed by atoms with Crippen molar-refractivity contribution in [2.45, 2.75) is 13.3 Å².